The second kappa shape index (κ2) is 5.37. The minimum Gasteiger partial charge on any atom is -0.467 e. The van der Waals surface area contributed by atoms with Crippen LogP contribution in [0.3, 0.4) is 0 Å². The summed E-state index contributed by atoms with van der Waals surface area (Å²) in [6.45, 7) is 0.568. The summed E-state index contributed by atoms with van der Waals surface area (Å²) in [5.74, 6) is 0.558. The normalized spacial score (nSPS) is 13.3. The summed E-state index contributed by atoms with van der Waals surface area (Å²) in [4.78, 5) is 22.3. The molecule has 1 aromatic carbocycles. The highest BCUT2D eigenvalue weighted by atomic mass is 16.7. The number of fused-ring (bicyclic) bond motifs is 1. The minimum absolute atomic E-state index is 0.0400. The molecule has 0 N–H and O–H groups in total. The molecular weight excluding hydrogens is 276 g/mol. The fourth-order valence-electron chi connectivity index (χ4n) is 2.28. The van der Waals surface area contributed by atoms with Crippen molar-refractivity contribution in [3.8, 4) is 5.75 Å². The van der Waals surface area contributed by atoms with Crippen LogP contribution in [0.5, 0.6) is 5.75 Å². The summed E-state index contributed by atoms with van der Waals surface area (Å²) in [6.07, 6.45) is 1.63. The van der Waals surface area contributed by atoms with Crippen LogP contribution in [0.15, 0.2) is 41.3 Å². The molecule has 0 bridgehead atoms. The van der Waals surface area contributed by atoms with Crippen LogP contribution in [0, 0.1) is 10.1 Å². The molecule has 21 heavy (non-hydrogen) atoms. The Kier molecular flexibility index (Phi) is 3.41. The van der Waals surface area contributed by atoms with E-state index in [1.165, 1.54) is 22.8 Å². The van der Waals surface area contributed by atoms with Crippen molar-refractivity contribution in [2.75, 3.05) is 6.79 Å². The second-order valence-electron chi connectivity index (χ2n) is 4.63. The SMILES string of the molecule is O=c1ccccn1Cc1cc([N+](=O)[O-])cc2c1OCOC2. The van der Waals surface area contributed by atoms with Crippen LogP contribution < -0.4 is 10.3 Å². The molecule has 1 aromatic heterocycles. The van der Waals surface area contributed by atoms with Crippen molar-refractivity contribution in [3.05, 3.63) is 68.1 Å². The molecule has 1 aliphatic heterocycles. The van der Waals surface area contributed by atoms with E-state index in [9.17, 15) is 14.9 Å². The molecule has 0 unspecified atom stereocenters. The zero-order chi connectivity index (χ0) is 14.8. The first-order chi connectivity index (χ1) is 10.1. The van der Waals surface area contributed by atoms with Gasteiger partial charge in [-0.2, -0.15) is 0 Å². The highest BCUT2D eigenvalue weighted by molar-refractivity contribution is 5.50. The highest BCUT2D eigenvalue weighted by Crippen LogP contribution is 2.32. The number of hydrogen-bond acceptors (Lipinski definition) is 5. The monoisotopic (exact) mass is 288 g/mol. The van der Waals surface area contributed by atoms with E-state index in [1.807, 2.05) is 0 Å². The third-order valence-corrected chi connectivity index (χ3v) is 3.22. The van der Waals surface area contributed by atoms with E-state index in [0.717, 1.165) is 0 Å². The summed E-state index contributed by atoms with van der Waals surface area (Å²) in [5, 5.41) is 11.0. The highest BCUT2D eigenvalue weighted by Gasteiger charge is 2.21. The summed E-state index contributed by atoms with van der Waals surface area (Å²) in [7, 11) is 0. The first kappa shape index (κ1) is 13.3. The number of nitro benzene ring substituents is 1. The zero-order valence-electron chi connectivity index (χ0n) is 11.0. The molecule has 0 spiro atoms. The lowest BCUT2D eigenvalue weighted by Crippen LogP contribution is -2.20. The molecule has 2 aromatic rings. The lowest BCUT2D eigenvalue weighted by Gasteiger charge is -2.20. The number of nitrogens with zero attached hydrogens (tertiary/aromatic N) is 2. The van der Waals surface area contributed by atoms with Crippen molar-refractivity contribution in [1.82, 2.24) is 4.57 Å². The van der Waals surface area contributed by atoms with Crippen LogP contribution in [0.25, 0.3) is 0 Å². The Hall–Kier alpha value is -2.67. The van der Waals surface area contributed by atoms with Crippen LogP contribution >= 0.6 is 0 Å². The van der Waals surface area contributed by atoms with E-state index in [0.29, 0.717) is 16.9 Å². The summed E-state index contributed by atoms with van der Waals surface area (Å²) in [6, 6.07) is 7.68. The van der Waals surface area contributed by atoms with Crippen LogP contribution in [-0.4, -0.2) is 16.3 Å². The van der Waals surface area contributed by atoms with Crippen LogP contribution in [0.2, 0.25) is 0 Å². The zero-order valence-corrected chi connectivity index (χ0v) is 11.0. The van der Waals surface area contributed by atoms with E-state index < -0.39 is 4.92 Å². The predicted molar refractivity (Wildman–Crippen MR) is 73.2 cm³/mol. The summed E-state index contributed by atoms with van der Waals surface area (Å²) < 4.78 is 12.1. The van der Waals surface area contributed by atoms with Crippen molar-refractivity contribution in [2.24, 2.45) is 0 Å². The predicted octanol–water partition coefficient (Wildman–Crippen LogP) is 1.67. The average Bonchev–Trinajstić information content (AvgIpc) is 2.49. The van der Waals surface area contributed by atoms with Gasteiger partial charge in [0.2, 0.25) is 0 Å². The van der Waals surface area contributed by atoms with Gasteiger partial charge in [0.05, 0.1) is 18.1 Å². The first-order valence-electron chi connectivity index (χ1n) is 6.31. The van der Waals surface area contributed by atoms with Gasteiger partial charge in [0, 0.05) is 35.5 Å². The number of aromatic nitrogens is 1. The molecule has 0 atom stereocenters. The fourth-order valence-corrected chi connectivity index (χ4v) is 2.28. The standard InChI is InChI=1S/C14H12N2O5/c17-13-3-1-2-4-15(13)7-10-5-12(16(18)19)6-11-8-20-9-21-14(10)11/h1-6H,7-9H2. The van der Waals surface area contributed by atoms with Crippen molar-refractivity contribution in [2.45, 2.75) is 13.2 Å². The number of benzene rings is 1. The number of pyridine rings is 1. The van der Waals surface area contributed by atoms with E-state index >= 15 is 0 Å². The van der Waals surface area contributed by atoms with E-state index in [1.54, 1.807) is 18.3 Å². The molecule has 3 rings (SSSR count). The van der Waals surface area contributed by atoms with Gasteiger partial charge in [-0.3, -0.25) is 14.9 Å². The fraction of sp³-hybridized carbons (Fsp3) is 0.214. The molecule has 0 aliphatic carbocycles. The third kappa shape index (κ3) is 2.63. The molecule has 7 nitrogen and oxygen atoms in total. The van der Waals surface area contributed by atoms with Gasteiger partial charge in [0.25, 0.3) is 11.2 Å². The number of rotatable bonds is 3. The van der Waals surface area contributed by atoms with Crippen LogP contribution in [0.1, 0.15) is 11.1 Å². The van der Waals surface area contributed by atoms with Gasteiger partial charge in [0.15, 0.2) is 6.79 Å². The maximum absolute atomic E-state index is 11.8. The Balaban J connectivity index is 2.08. The van der Waals surface area contributed by atoms with Crippen molar-refractivity contribution in [1.29, 1.82) is 0 Å². The molecule has 7 heteroatoms. The van der Waals surface area contributed by atoms with Crippen LogP contribution in [-0.2, 0) is 17.9 Å². The third-order valence-electron chi connectivity index (χ3n) is 3.22. The molecule has 2 heterocycles. The molecule has 0 fully saturated rings. The average molecular weight is 288 g/mol. The minimum atomic E-state index is -0.466. The topological polar surface area (TPSA) is 83.6 Å². The molecular formula is C14H12N2O5. The molecule has 0 saturated carbocycles. The largest absolute Gasteiger partial charge is 0.467 e. The maximum atomic E-state index is 11.8. The van der Waals surface area contributed by atoms with Gasteiger partial charge in [0.1, 0.15) is 5.75 Å². The maximum Gasteiger partial charge on any atom is 0.270 e. The van der Waals surface area contributed by atoms with Gasteiger partial charge in [-0.1, -0.05) is 6.07 Å². The number of non-ortho nitro benzene ring substituents is 1. The van der Waals surface area contributed by atoms with Gasteiger partial charge >= 0.3 is 0 Å². The first-order valence-corrected chi connectivity index (χ1v) is 6.31. The number of hydrogen-bond donors (Lipinski definition) is 0. The Labute approximate surface area is 119 Å². The summed E-state index contributed by atoms with van der Waals surface area (Å²) >= 11 is 0. The number of nitro groups is 1. The molecule has 0 saturated heterocycles. The van der Waals surface area contributed by atoms with Crippen molar-refractivity contribution < 1.29 is 14.4 Å². The van der Waals surface area contributed by atoms with Crippen LogP contribution in [0.4, 0.5) is 5.69 Å². The van der Waals surface area contributed by atoms with Gasteiger partial charge < -0.3 is 14.0 Å². The molecule has 108 valence electrons. The Morgan fingerprint density at radius 1 is 1.33 bits per heavy atom. The summed E-state index contributed by atoms with van der Waals surface area (Å²) in [5.41, 5.74) is 0.997. The molecule has 0 amide bonds. The number of ether oxygens (including phenoxy) is 2. The van der Waals surface area contributed by atoms with Gasteiger partial charge in [-0.15, -0.1) is 0 Å². The smallest absolute Gasteiger partial charge is 0.270 e. The van der Waals surface area contributed by atoms with E-state index in [-0.39, 0.29) is 31.2 Å². The van der Waals surface area contributed by atoms with Gasteiger partial charge in [-0.25, -0.2) is 0 Å². The Morgan fingerprint density at radius 3 is 2.95 bits per heavy atom. The van der Waals surface area contributed by atoms with Crippen molar-refractivity contribution >= 4 is 5.69 Å². The molecule has 0 radical (unpaired) electrons. The Bertz CT molecular complexity index is 753. The van der Waals surface area contributed by atoms with Crippen molar-refractivity contribution in [3.63, 3.8) is 0 Å². The molecule has 1 aliphatic rings. The van der Waals surface area contributed by atoms with Gasteiger partial charge in [-0.05, 0) is 6.07 Å². The second-order valence-corrected chi connectivity index (χ2v) is 4.63. The quantitative estimate of drug-likeness (QED) is 0.633. The van der Waals surface area contributed by atoms with E-state index in [4.69, 9.17) is 9.47 Å². The van der Waals surface area contributed by atoms with E-state index in [2.05, 4.69) is 0 Å². The lowest BCUT2D eigenvalue weighted by atomic mass is 10.1. The Morgan fingerprint density at radius 2 is 2.19 bits per heavy atom. The lowest BCUT2D eigenvalue weighted by molar-refractivity contribution is -0.385.